The molecule has 0 unspecified atom stereocenters. The monoisotopic (exact) mass is 313 g/mol. The molecule has 1 atom stereocenters. The van der Waals surface area contributed by atoms with Crippen molar-refractivity contribution in [3.8, 4) is 0 Å². The van der Waals surface area contributed by atoms with Crippen LogP contribution in [0.15, 0.2) is 17.5 Å². The highest BCUT2D eigenvalue weighted by Crippen LogP contribution is 2.14. The topological polar surface area (TPSA) is 49.6 Å². The molecule has 112 valence electrons. The summed E-state index contributed by atoms with van der Waals surface area (Å²) in [7, 11) is 0. The number of thiophene rings is 1. The first-order valence-corrected chi connectivity index (χ1v) is 9.26. The lowest BCUT2D eigenvalue weighted by Crippen LogP contribution is -2.52. The summed E-state index contributed by atoms with van der Waals surface area (Å²) in [5.41, 5.74) is 5.96. The van der Waals surface area contributed by atoms with Crippen LogP contribution in [0.5, 0.6) is 0 Å². The van der Waals surface area contributed by atoms with Gasteiger partial charge in [-0.2, -0.15) is 11.8 Å². The summed E-state index contributed by atoms with van der Waals surface area (Å²) >= 11 is 3.53. The average Bonchev–Trinajstić information content (AvgIpc) is 2.97. The van der Waals surface area contributed by atoms with Gasteiger partial charge < -0.3 is 10.6 Å². The summed E-state index contributed by atoms with van der Waals surface area (Å²) in [6.07, 6.45) is 2.82. The molecule has 0 radical (unpaired) electrons. The number of carbonyl (C=O) groups is 1. The Morgan fingerprint density at radius 3 is 2.80 bits per heavy atom. The van der Waals surface area contributed by atoms with Crippen molar-refractivity contribution in [1.29, 1.82) is 0 Å². The quantitative estimate of drug-likeness (QED) is 0.864. The third-order valence-electron chi connectivity index (χ3n) is 3.59. The van der Waals surface area contributed by atoms with Gasteiger partial charge in [0, 0.05) is 37.6 Å². The van der Waals surface area contributed by atoms with Crippen LogP contribution in [0.3, 0.4) is 0 Å². The Balaban J connectivity index is 1.74. The van der Waals surface area contributed by atoms with Crippen LogP contribution in [0.25, 0.3) is 0 Å². The van der Waals surface area contributed by atoms with Gasteiger partial charge in [-0.05, 0) is 29.9 Å². The van der Waals surface area contributed by atoms with Crippen LogP contribution in [0.2, 0.25) is 0 Å². The smallest absolute Gasteiger partial charge is 0.239 e. The summed E-state index contributed by atoms with van der Waals surface area (Å²) < 4.78 is 0. The van der Waals surface area contributed by atoms with Gasteiger partial charge in [0.05, 0.1) is 6.04 Å². The van der Waals surface area contributed by atoms with Crippen LogP contribution in [0.4, 0.5) is 0 Å². The van der Waals surface area contributed by atoms with E-state index in [9.17, 15) is 4.79 Å². The predicted octanol–water partition coefficient (Wildman–Crippen LogP) is 1.47. The van der Waals surface area contributed by atoms with Crippen LogP contribution in [0.1, 0.15) is 11.3 Å². The Bertz CT molecular complexity index is 403. The zero-order chi connectivity index (χ0) is 14.4. The molecular formula is C14H23N3OS2. The van der Waals surface area contributed by atoms with E-state index < -0.39 is 0 Å². The SMILES string of the molecule is CSCC[C@@H](N)C(=O)N1CCN(Cc2cccs2)CC1. The highest BCUT2D eigenvalue weighted by atomic mass is 32.2. The molecule has 1 aromatic heterocycles. The van der Waals surface area contributed by atoms with E-state index in [1.807, 2.05) is 11.2 Å². The van der Waals surface area contributed by atoms with Crippen molar-refractivity contribution in [3.63, 3.8) is 0 Å². The highest BCUT2D eigenvalue weighted by molar-refractivity contribution is 7.98. The van der Waals surface area contributed by atoms with Gasteiger partial charge >= 0.3 is 0 Å². The molecule has 6 heteroatoms. The molecule has 2 N–H and O–H groups in total. The number of piperazine rings is 1. The van der Waals surface area contributed by atoms with Crippen molar-refractivity contribution in [2.24, 2.45) is 5.73 Å². The van der Waals surface area contributed by atoms with Crippen LogP contribution < -0.4 is 5.73 Å². The molecule has 1 aliphatic heterocycles. The van der Waals surface area contributed by atoms with E-state index in [1.165, 1.54) is 4.88 Å². The molecule has 0 saturated carbocycles. The fourth-order valence-electron chi connectivity index (χ4n) is 2.35. The summed E-state index contributed by atoms with van der Waals surface area (Å²) in [4.78, 5) is 17.9. The largest absolute Gasteiger partial charge is 0.339 e. The molecule has 1 aliphatic rings. The Morgan fingerprint density at radius 1 is 1.45 bits per heavy atom. The highest BCUT2D eigenvalue weighted by Gasteiger charge is 2.24. The van der Waals surface area contributed by atoms with Gasteiger partial charge in [0.1, 0.15) is 0 Å². The average molecular weight is 313 g/mol. The summed E-state index contributed by atoms with van der Waals surface area (Å²) in [5, 5.41) is 2.11. The molecule has 0 bridgehead atoms. The number of hydrogen-bond donors (Lipinski definition) is 1. The van der Waals surface area contributed by atoms with E-state index in [0.717, 1.165) is 44.9 Å². The van der Waals surface area contributed by atoms with Crippen LogP contribution in [-0.2, 0) is 11.3 Å². The number of rotatable bonds is 6. The first kappa shape index (κ1) is 15.8. The molecule has 4 nitrogen and oxygen atoms in total. The minimum Gasteiger partial charge on any atom is -0.339 e. The number of hydrogen-bond acceptors (Lipinski definition) is 5. The third kappa shape index (κ3) is 4.48. The normalized spacial score (nSPS) is 18.2. The van der Waals surface area contributed by atoms with Gasteiger partial charge in [-0.25, -0.2) is 0 Å². The molecule has 0 aromatic carbocycles. The molecule has 20 heavy (non-hydrogen) atoms. The van der Waals surface area contributed by atoms with Crippen molar-refractivity contribution in [3.05, 3.63) is 22.4 Å². The zero-order valence-corrected chi connectivity index (χ0v) is 13.6. The predicted molar refractivity (Wildman–Crippen MR) is 87.2 cm³/mol. The zero-order valence-electron chi connectivity index (χ0n) is 12.0. The van der Waals surface area contributed by atoms with Crippen molar-refractivity contribution in [2.75, 3.05) is 38.2 Å². The van der Waals surface area contributed by atoms with E-state index in [1.54, 1.807) is 23.1 Å². The molecule has 2 rings (SSSR count). The summed E-state index contributed by atoms with van der Waals surface area (Å²) in [6.45, 7) is 4.49. The van der Waals surface area contributed by atoms with Crippen LogP contribution in [-0.4, -0.2) is 59.9 Å². The van der Waals surface area contributed by atoms with E-state index in [4.69, 9.17) is 5.73 Å². The minimum atomic E-state index is -0.328. The first-order chi connectivity index (χ1) is 9.70. The Hall–Kier alpha value is -0.560. The second kappa shape index (κ2) is 8.02. The molecule has 2 heterocycles. The van der Waals surface area contributed by atoms with Crippen molar-refractivity contribution < 1.29 is 4.79 Å². The number of carbonyl (C=O) groups excluding carboxylic acids is 1. The van der Waals surface area contributed by atoms with E-state index in [2.05, 4.69) is 22.4 Å². The van der Waals surface area contributed by atoms with Crippen LogP contribution in [0, 0.1) is 0 Å². The maximum absolute atomic E-state index is 12.2. The van der Waals surface area contributed by atoms with Gasteiger partial charge in [-0.3, -0.25) is 9.69 Å². The Morgan fingerprint density at radius 2 is 2.20 bits per heavy atom. The number of nitrogens with two attached hydrogens (primary N) is 1. The molecule has 0 aliphatic carbocycles. The maximum atomic E-state index is 12.2. The molecule has 0 spiro atoms. The van der Waals surface area contributed by atoms with Gasteiger partial charge in [0.15, 0.2) is 0 Å². The molecular weight excluding hydrogens is 290 g/mol. The summed E-state index contributed by atoms with van der Waals surface area (Å²) in [5.74, 6) is 1.07. The van der Waals surface area contributed by atoms with Crippen molar-refractivity contribution in [2.45, 2.75) is 19.0 Å². The van der Waals surface area contributed by atoms with E-state index in [-0.39, 0.29) is 11.9 Å². The maximum Gasteiger partial charge on any atom is 0.239 e. The van der Waals surface area contributed by atoms with Crippen LogP contribution >= 0.6 is 23.1 Å². The molecule has 1 fully saturated rings. The first-order valence-electron chi connectivity index (χ1n) is 6.98. The third-order valence-corrected chi connectivity index (χ3v) is 5.10. The van der Waals surface area contributed by atoms with Gasteiger partial charge in [0.25, 0.3) is 0 Å². The lowest BCUT2D eigenvalue weighted by atomic mass is 10.2. The fourth-order valence-corrected chi connectivity index (χ4v) is 3.59. The standard InChI is InChI=1S/C14H23N3OS2/c1-19-10-4-13(15)14(18)17-7-5-16(6-8-17)11-12-3-2-9-20-12/h2-3,9,13H,4-8,10-11,15H2,1H3/t13-/m1/s1. The molecule has 1 aromatic rings. The minimum absolute atomic E-state index is 0.120. The van der Waals surface area contributed by atoms with E-state index >= 15 is 0 Å². The number of thioether (sulfide) groups is 1. The van der Waals surface area contributed by atoms with Crippen molar-refractivity contribution >= 4 is 29.0 Å². The Labute approximate surface area is 129 Å². The molecule has 1 saturated heterocycles. The van der Waals surface area contributed by atoms with Gasteiger partial charge in [-0.15, -0.1) is 11.3 Å². The lowest BCUT2D eigenvalue weighted by molar-refractivity contribution is -0.134. The second-order valence-corrected chi connectivity index (χ2v) is 7.09. The van der Waals surface area contributed by atoms with Crippen molar-refractivity contribution in [1.82, 2.24) is 9.80 Å². The van der Waals surface area contributed by atoms with E-state index in [0.29, 0.717) is 0 Å². The van der Waals surface area contributed by atoms with Gasteiger partial charge in [0.2, 0.25) is 5.91 Å². The fraction of sp³-hybridized carbons (Fsp3) is 0.643. The number of nitrogens with zero attached hydrogens (tertiary/aromatic N) is 2. The number of amides is 1. The Kier molecular flexibility index (Phi) is 6.35. The second-order valence-electron chi connectivity index (χ2n) is 5.07. The molecule has 1 amide bonds. The lowest BCUT2D eigenvalue weighted by Gasteiger charge is -2.35. The summed E-state index contributed by atoms with van der Waals surface area (Å²) in [6, 6.07) is 3.93. The van der Waals surface area contributed by atoms with Gasteiger partial charge in [-0.1, -0.05) is 6.07 Å².